The van der Waals surface area contributed by atoms with E-state index >= 15 is 0 Å². The molecule has 3 aromatic carbocycles. The van der Waals surface area contributed by atoms with Crippen molar-refractivity contribution in [3.8, 4) is 0 Å². The molecule has 0 radical (unpaired) electrons. The second kappa shape index (κ2) is 12.6. The first-order valence-corrected chi connectivity index (χ1v) is 14.7. The summed E-state index contributed by atoms with van der Waals surface area (Å²) in [5, 5.41) is 2.95. The Morgan fingerprint density at radius 2 is 1.52 bits per heavy atom. The number of hydrogen-bond donors (Lipinski definition) is 1. The fourth-order valence-corrected chi connectivity index (χ4v) is 6.21. The average Bonchev–Trinajstić information content (AvgIpc) is 3.44. The molecule has 212 valence electrons. The fraction of sp³-hybridized carbons (Fsp3) is 0.333. The van der Waals surface area contributed by atoms with Gasteiger partial charge in [0.2, 0.25) is 11.8 Å². The zero-order valence-corrected chi connectivity index (χ0v) is 23.3. The standard InChI is InChI=1S/C30H33F2N3O4S/c1-21-15-17-25(18-16-21)40(38,39)35(28-14-8-7-13-27(28)32)20-29(36)34(19-23-9-3-6-12-26(23)31)22(2)30(37)33-24-10-4-5-11-24/h3,6-9,12-18,22,24H,4-5,10-11,19-20H2,1-2H3,(H,33,37)/t22-/m1/s1. The molecule has 40 heavy (non-hydrogen) atoms. The molecule has 3 aromatic rings. The number of benzene rings is 3. The number of rotatable bonds is 10. The van der Waals surface area contributed by atoms with Crippen molar-refractivity contribution in [3.05, 3.63) is 95.6 Å². The summed E-state index contributed by atoms with van der Waals surface area (Å²) in [4.78, 5) is 28.1. The van der Waals surface area contributed by atoms with E-state index in [1.165, 1.54) is 55.5 Å². The Kier molecular flexibility index (Phi) is 9.19. The third-order valence-corrected chi connectivity index (χ3v) is 8.95. The lowest BCUT2D eigenvalue weighted by molar-refractivity contribution is -0.139. The molecule has 0 heterocycles. The maximum atomic E-state index is 15.0. The van der Waals surface area contributed by atoms with Crippen LogP contribution in [0.25, 0.3) is 0 Å². The van der Waals surface area contributed by atoms with Gasteiger partial charge in [-0.3, -0.25) is 13.9 Å². The summed E-state index contributed by atoms with van der Waals surface area (Å²) in [6.07, 6.45) is 3.64. The number of anilines is 1. The largest absolute Gasteiger partial charge is 0.352 e. The van der Waals surface area contributed by atoms with Crippen LogP contribution in [0.1, 0.15) is 43.7 Å². The highest BCUT2D eigenvalue weighted by Crippen LogP contribution is 2.27. The van der Waals surface area contributed by atoms with Crippen molar-refractivity contribution in [1.82, 2.24) is 10.2 Å². The molecular formula is C30H33F2N3O4S. The summed E-state index contributed by atoms with van der Waals surface area (Å²) in [5.74, 6) is -2.60. The number of sulfonamides is 1. The molecule has 4 rings (SSSR count). The molecule has 10 heteroatoms. The second-order valence-corrected chi connectivity index (χ2v) is 11.9. The number of para-hydroxylation sites is 1. The smallest absolute Gasteiger partial charge is 0.264 e. The van der Waals surface area contributed by atoms with Crippen LogP contribution in [0.2, 0.25) is 0 Å². The van der Waals surface area contributed by atoms with Crippen molar-refractivity contribution in [2.24, 2.45) is 0 Å². The molecule has 1 atom stereocenters. The molecule has 0 bridgehead atoms. The number of aryl methyl sites for hydroxylation is 1. The Labute approximate surface area is 233 Å². The van der Waals surface area contributed by atoms with E-state index in [1.54, 1.807) is 25.1 Å². The third kappa shape index (κ3) is 6.67. The molecule has 1 fully saturated rings. The van der Waals surface area contributed by atoms with Crippen LogP contribution in [0.15, 0.2) is 77.7 Å². The van der Waals surface area contributed by atoms with Gasteiger partial charge >= 0.3 is 0 Å². The quantitative estimate of drug-likeness (QED) is 0.375. The lowest BCUT2D eigenvalue weighted by Gasteiger charge is -2.32. The molecule has 0 unspecified atom stereocenters. The zero-order valence-electron chi connectivity index (χ0n) is 22.5. The Morgan fingerprint density at radius 3 is 2.15 bits per heavy atom. The summed E-state index contributed by atoms with van der Waals surface area (Å²) < 4.78 is 57.8. The predicted molar refractivity (Wildman–Crippen MR) is 149 cm³/mol. The van der Waals surface area contributed by atoms with Crippen molar-refractivity contribution >= 4 is 27.5 Å². The molecule has 0 spiro atoms. The van der Waals surface area contributed by atoms with Gasteiger partial charge in [-0.05, 0) is 57.0 Å². The van der Waals surface area contributed by atoms with Gasteiger partial charge < -0.3 is 10.2 Å². The summed E-state index contributed by atoms with van der Waals surface area (Å²) >= 11 is 0. The van der Waals surface area contributed by atoms with Gasteiger partial charge in [0, 0.05) is 18.2 Å². The molecule has 2 amide bonds. The van der Waals surface area contributed by atoms with Crippen molar-refractivity contribution in [1.29, 1.82) is 0 Å². The lowest BCUT2D eigenvalue weighted by Crippen LogP contribution is -2.52. The molecule has 1 saturated carbocycles. The van der Waals surface area contributed by atoms with Crippen LogP contribution in [-0.4, -0.2) is 43.8 Å². The van der Waals surface area contributed by atoms with Gasteiger partial charge in [0.05, 0.1) is 10.6 Å². The normalized spacial score (nSPS) is 14.5. The van der Waals surface area contributed by atoms with Crippen molar-refractivity contribution in [2.75, 3.05) is 10.8 Å². The maximum Gasteiger partial charge on any atom is 0.264 e. The van der Waals surface area contributed by atoms with Gasteiger partial charge in [0.15, 0.2) is 0 Å². The Morgan fingerprint density at radius 1 is 0.925 bits per heavy atom. The Bertz CT molecular complexity index is 1460. The maximum absolute atomic E-state index is 15.0. The minimum atomic E-state index is -4.40. The first-order chi connectivity index (χ1) is 19.1. The third-order valence-electron chi connectivity index (χ3n) is 7.18. The van der Waals surface area contributed by atoms with E-state index in [1.807, 2.05) is 0 Å². The molecule has 0 aliphatic heterocycles. The van der Waals surface area contributed by atoms with Gasteiger partial charge in [-0.2, -0.15) is 0 Å². The van der Waals surface area contributed by atoms with E-state index in [0.717, 1.165) is 42.2 Å². The molecule has 0 aromatic heterocycles. The first-order valence-electron chi connectivity index (χ1n) is 13.2. The molecule has 1 N–H and O–H groups in total. The molecule has 0 saturated heterocycles. The number of amides is 2. The molecular weight excluding hydrogens is 536 g/mol. The van der Waals surface area contributed by atoms with Crippen LogP contribution in [0.3, 0.4) is 0 Å². The number of nitrogens with one attached hydrogen (secondary N) is 1. The predicted octanol–water partition coefficient (Wildman–Crippen LogP) is 4.94. The summed E-state index contributed by atoms with van der Waals surface area (Å²) in [5.41, 5.74) is 0.672. The molecule has 1 aliphatic rings. The van der Waals surface area contributed by atoms with Crippen LogP contribution in [-0.2, 0) is 26.2 Å². The van der Waals surface area contributed by atoms with E-state index in [0.29, 0.717) is 4.31 Å². The fourth-order valence-electron chi connectivity index (χ4n) is 4.79. The minimum absolute atomic E-state index is 0.0165. The first kappa shape index (κ1) is 29.2. The number of carbonyl (C=O) groups is 2. The van der Waals surface area contributed by atoms with E-state index in [9.17, 15) is 26.8 Å². The summed E-state index contributed by atoms with van der Waals surface area (Å²) in [6.45, 7) is 2.24. The van der Waals surface area contributed by atoms with Crippen LogP contribution in [0.4, 0.5) is 14.5 Å². The highest BCUT2D eigenvalue weighted by atomic mass is 32.2. The van der Waals surface area contributed by atoms with E-state index in [4.69, 9.17) is 0 Å². The van der Waals surface area contributed by atoms with E-state index in [-0.39, 0.29) is 28.7 Å². The van der Waals surface area contributed by atoms with Gasteiger partial charge in [-0.25, -0.2) is 17.2 Å². The highest BCUT2D eigenvalue weighted by molar-refractivity contribution is 7.92. The topological polar surface area (TPSA) is 86.8 Å². The van der Waals surface area contributed by atoms with Crippen molar-refractivity contribution < 1.29 is 26.8 Å². The van der Waals surface area contributed by atoms with Crippen molar-refractivity contribution in [2.45, 2.75) is 63.1 Å². The summed E-state index contributed by atoms with van der Waals surface area (Å²) in [6, 6.07) is 16.0. The number of halogens is 2. The van der Waals surface area contributed by atoms with Gasteiger partial charge in [0.25, 0.3) is 10.0 Å². The van der Waals surface area contributed by atoms with Crippen LogP contribution < -0.4 is 9.62 Å². The molecule has 7 nitrogen and oxygen atoms in total. The van der Waals surface area contributed by atoms with Crippen molar-refractivity contribution in [3.63, 3.8) is 0 Å². The Balaban J connectivity index is 1.70. The van der Waals surface area contributed by atoms with Gasteiger partial charge in [-0.1, -0.05) is 60.9 Å². The second-order valence-electron chi connectivity index (χ2n) is 10.1. The average molecular weight is 570 g/mol. The number of nitrogens with zero attached hydrogens (tertiary/aromatic N) is 2. The van der Waals surface area contributed by atoms with Crippen LogP contribution in [0, 0.1) is 18.6 Å². The monoisotopic (exact) mass is 569 g/mol. The van der Waals surface area contributed by atoms with Crippen LogP contribution in [0.5, 0.6) is 0 Å². The van der Waals surface area contributed by atoms with Gasteiger partial charge in [0.1, 0.15) is 24.2 Å². The molecule has 1 aliphatic carbocycles. The van der Waals surface area contributed by atoms with E-state index in [2.05, 4.69) is 5.32 Å². The zero-order chi connectivity index (χ0) is 28.9. The lowest BCUT2D eigenvalue weighted by atomic mass is 10.1. The highest BCUT2D eigenvalue weighted by Gasteiger charge is 2.34. The minimum Gasteiger partial charge on any atom is -0.352 e. The Hall–Kier alpha value is -3.79. The number of carbonyl (C=O) groups excluding carboxylic acids is 2. The van der Waals surface area contributed by atoms with E-state index < -0.39 is 46.1 Å². The van der Waals surface area contributed by atoms with Gasteiger partial charge in [-0.15, -0.1) is 0 Å². The summed E-state index contributed by atoms with van der Waals surface area (Å²) in [7, 11) is -4.40. The SMILES string of the molecule is Cc1ccc(S(=O)(=O)N(CC(=O)N(Cc2ccccc2F)[C@H](C)C(=O)NC2CCCC2)c2ccccc2F)cc1. The number of hydrogen-bond acceptors (Lipinski definition) is 4. The van der Waals surface area contributed by atoms with Crippen LogP contribution >= 0.6 is 0 Å².